The van der Waals surface area contributed by atoms with Crippen LogP contribution in [0.4, 0.5) is 0 Å². The Hall–Kier alpha value is -0.120. The van der Waals surface area contributed by atoms with Gasteiger partial charge >= 0.3 is 0 Å². The minimum Gasteiger partial charge on any atom is -0.389 e. The number of rotatable bonds is 4. The van der Waals surface area contributed by atoms with Crippen LogP contribution in [0.2, 0.25) is 0 Å². The molecule has 2 atom stereocenters. The second-order valence-corrected chi connectivity index (χ2v) is 7.97. The largest absolute Gasteiger partial charge is 0.389 e. The Bertz CT molecular complexity index is 300. The number of β-amino-alcohol motifs (C(OH)–C–C–N with tert-alkyl or cyclic N) is 1. The molecule has 1 saturated carbocycles. The van der Waals surface area contributed by atoms with E-state index in [1.807, 2.05) is 6.92 Å². The van der Waals surface area contributed by atoms with E-state index in [9.17, 15) is 5.11 Å². The van der Waals surface area contributed by atoms with Crippen LogP contribution in [0.5, 0.6) is 0 Å². The van der Waals surface area contributed by atoms with Crippen molar-refractivity contribution in [1.82, 2.24) is 5.32 Å². The van der Waals surface area contributed by atoms with Crippen molar-refractivity contribution in [2.24, 2.45) is 0 Å². The fourth-order valence-electron chi connectivity index (χ4n) is 3.44. The summed E-state index contributed by atoms with van der Waals surface area (Å²) in [6.45, 7) is 8.94. The average molecular weight is 269 g/mol. The third kappa shape index (κ3) is 4.44. The van der Waals surface area contributed by atoms with Crippen LogP contribution in [-0.4, -0.2) is 34.5 Å². The quantitative estimate of drug-likeness (QED) is 0.824. The summed E-state index contributed by atoms with van der Waals surface area (Å²) in [4.78, 5) is 0. The molecule has 2 unspecified atom stereocenters. The lowest BCUT2D eigenvalue weighted by atomic mass is 9.94. The van der Waals surface area contributed by atoms with Crippen LogP contribution < -0.4 is 5.32 Å². The van der Waals surface area contributed by atoms with Crippen molar-refractivity contribution in [3.05, 3.63) is 0 Å². The minimum atomic E-state index is -0.678. The molecule has 112 valence electrons. The van der Waals surface area contributed by atoms with Crippen LogP contribution in [-0.2, 0) is 4.74 Å². The third-order valence-electron chi connectivity index (χ3n) is 4.52. The summed E-state index contributed by atoms with van der Waals surface area (Å²) in [5, 5.41) is 13.9. The average Bonchev–Trinajstić information content (AvgIpc) is 2.86. The van der Waals surface area contributed by atoms with Gasteiger partial charge in [0, 0.05) is 18.5 Å². The SMILES string of the molecule is CC(O)(CNC(C)(C)C)CC1CCC2(CCCC2)O1. The zero-order valence-corrected chi connectivity index (χ0v) is 13.1. The standard InChI is InChI=1S/C16H31NO2/c1-14(2,3)17-12-15(4,18)11-13-7-10-16(19-13)8-5-6-9-16/h13,17-18H,5-12H2,1-4H3. The molecule has 0 aromatic heterocycles. The fraction of sp³-hybridized carbons (Fsp3) is 1.00. The van der Waals surface area contributed by atoms with Gasteiger partial charge in [0.2, 0.25) is 0 Å². The van der Waals surface area contributed by atoms with Crippen molar-refractivity contribution in [3.63, 3.8) is 0 Å². The van der Waals surface area contributed by atoms with E-state index >= 15 is 0 Å². The lowest BCUT2D eigenvalue weighted by molar-refractivity contribution is -0.0715. The van der Waals surface area contributed by atoms with Crippen LogP contribution >= 0.6 is 0 Å². The van der Waals surface area contributed by atoms with Gasteiger partial charge in [-0.25, -0.2) is 0 Å². The first kappa shape index (κ1) is 15.3. The Labute approximate surface area is 118 Å². The molecule has 1 heterocycles. The van der Waals surface area contributed by atoms with Crippen molar-refractivity contribution in [3.8, 4) is 0 Å². The molecule has 1 saturated heterocycles. The summed E-state index contributed by atoms with van der Waals surface area (Å²) in [6, 6.07) is 0. The minimum absolute atomic E-state index is 0.0488. The van der Waals surface area contributed by atoms with Gasteiger partial charge in [-0.3, -0.25) is 0 Å². The highest BCUT2D eigenvalue weighted by Crippen LogP contribution is 2.44. The number of hydrogen-bond donors (Lipinski definition) is 2. The zero-order chi connectivity index (χ0) is 14.1. The highest BCUT2D eigenvalue weighted by atomic mass is 16.5. The molecule has 0 aromatic rings. The molecule has 19 heavy (non-hydrogen) atoms. The maximum Gasteiger partial charge on any atom is 0.0768 e. The van der Waals surface area contributed by atoms with Gasteiger partial charge in [0.25, 0.3) is 0 Å². The maximum absolute atomic E-state index is 10.5. The summed E-state index contributed by atoms with van der Waals surface area (Å²) in [5.74, 6) is 0. The summed E-state index contributed by atoms with van der Waals surface area (Å²) < 4.78 is 6.29. The number of hydrogen-bond acceptors (Lipinski definition) is 3. The van der Waals surface area contributed by atoms with Gasteiger partial charge < -0.3 is 15.2 Å². The van der Waals surface area contributed by atoms with E-state index in [4.69, 9.17) is 4.74 Å². The molecule has 0 amide bonds. The number of aliphatic hydroxyl groups is 1. The second-order valence-electron chi connectivity index (χ2n) is 7.97. The van der Waals surface area contributed by atoms with Crippen LogP contribution in [0.25, 0.3) is 0 Å². The van der Waals surface area contributed by atoms with E-state index in [0.717, 1.165) is 12.8 Å². The van der Waals surface area contributed by atoms with Crippen molar-refractivity contribution < 1.29 is 9.84 Å². The van der Waals surface area contributed by atoms with E-state index in [0.29, 0.717) is 6.54 Å². The molecule has 1 aliphatic heterocycles. The molecule has 2 N–H and O–H groups in total. The second kappa shape index (κ2) is 5.34. The van der Waals surface area contributed by atoms with Crippen molar-refractivity contribution in [2.45, 2.75) is 95.5 Å². The Morgan fingerprint density at radius 1 is 1.16 bits per heavy atom. The lowest BCUT2D eigenvalue weighted by Crippen LogP contribution is -2.47. The molecule has 2 fully saturated rings. The van der Waals surface area contributed by atoms with Crippen LogP contribution in [0.15, 0.2) is 0 Å². The first-order valence-corrected chi connectivity index (χ1v) is 7.85. The Morgan fingerprint density at radius 3 is 2.37 bits per heavy atom. The predicted molar refractivity (Wildman–Crippen MR) is 78.3 cm³/mol. The fourth-order valence-corrected chi connectivity index (χ4v) is 3.44. The van der Waals surface area contributed by atoms with E-state index in [1.165, 1.54) is 32.1 Å². The van der Waals surface area contributed by atoms with Gasteiger partial charge in [-0.15, -0.1) is 0 Å². The summed E-state index contributed by atoms with van der Waals surface area (Å²) in [5.41, 5.74) is -0.451. The van der Waals surface area contributed by atoms with Crippen LogP contribution in [0.1, 0.15) is 72.6 Å². The molecular formula is C16H31NO2. The summed E-state index contributed by atoms with van der Waals surface area (Å²) in [6.07, 6.45) is 8.39. The lowest BCUT2D eigenvalue weighted by Gasteiger charge is -2.32. The smallest absolute Gasteiger partial charge is 0.0768 e. The highest BCUT2D eigenvalue weighted by molar-refractivity contribution is 4.95. The molecule has 2 aliphatic rings. The summed E-state index contributed by atoms with van der Waals surface area (Å²) in [7, 11) is 0. The van der Waals surface area contributed by atoms with Gasteiger partial charge in [-0.1, -0.05) is 12.8 Å². The third-order valence-corrected chi connectivity index (χ3v) is 4.52. The molecule has 1 spiro atoms. The van der Waals surface area contributed by atoms with Gasteiger partial charge in [0.15, 0.2) is 0 Å². The molecule has 0 bridgehead atoms. The molecule has 0 radical (unpaired) electrons. The van der Waals surface area contributed by atoms with Crippen LogP contribution in [0, 0.1) is 0 Å². The molecule has 2 rings (SSSR count). The van der Waals surface area contributed by atoms with Crippen molar-refractivity contribution >= 4 is 0 Å². The number of ether oxygens (including phenoxy) is 1. The van der Waals surface area contributed by atoms with E-state index in [2.05, 4.69) is 26.1 Å². The van der Waals surface area contributed by atoms with Crippen LogP contribution in [0.3, 0.4) is 0 Å². The monoisotopic (exact) mass is 269 g/mol. The van der Waals surface area contributed by atoms with Gasteiger partial charge in [-0.2, -0.15) is 0 Å². The van der Waals surface area contributed by atoms with E-state index in [1.54, 1.807) is 0 Å². The Kier molecular flexibility index (Phi) is 4.29. The zero-order valence-electron chi connectivity index (χ0n) is 13.1. The molecule has 3 heteroatoms. The Balaban J connectivity index is 1.80. The van der Waals surface area contributed by atoms with Crippen molar-refractivity contribution in [2.75, 3.05) is 6.54 Å². The topological polar surface area (TPSA) is 41.5 Å². The first-order chi connectivity index (χ1) is 8.70. The normalized spacial score (nSPS) is 29.8. The maximum atomic E-state index is 10.5. The molecule has 1 aliphatic carbocycles. The molecule has 3 nitrogen and oxygen atoms in total. The van der Waals surface area contributed by atoms with Gasteiger partial charge in [-0.05, 0) is 53.4 Å². The highest BCUT2D eigenvalue weighted by Gasteiger charge is 2.43. The van der Waals surface area contributed by atoms with Gasteiger partial charge in [0.1, 0.15) is 0 Å². The molecule has 0 aromatic carbocycles. The van der Waals surface area contributed by atoms with Crippen molar-refractivity contribution in [1.29, 1.82) is 0 Å². The Morgan fingerprint density at radius 2 is 1.79 bits per heavy atom. The molecular weight excluding hydrogens is 238 g/mol. The predicted octanol–water partition coefficient (Wildman–Crippen LogP) is 3.01. The number of nitrogens with one attached hydrogen (secondary N) is 1. The first-order valence-electron chi connectivity index (χ1n) is 7.85. The van der Waals surface area contributed by atoms with E-state index < -0.39 is 5.60 Å². The van der Waals surface area contributed by atoms with E-state index in [-0.39, 0.29) is 17.2 Å². The van der Waals surface area contributed by atoms with Gasteiger partial charge in [0.05, 0.1) is 17.3 Å². The summed E-state index contributed by atoms with van der Waals surface area (Å²) >= 11 is 0.